The maximum atomic E-state index is 11.7. The Bertz CT molecular complexity index is 685. The van der Waals surface area contributed by atoms with E-state index in [1.807, 2.05) is 18.2 Å². The van der Waals surface area contributed by atoms with E-state index < -0.39 is 16.1 Å². The van der Waals surface area contributed by atoms with Crippen LogP contribution in [0.1, 0.15) is 32.8 Å². The normalized spacial score (nSPS) is 19.1. The molecule has 6 nitrogen and oxygen atoms in total. The molecule has 1 atom stereocenters. The van der Waals surface area contributed by atoms with Gasteiger partial charge in [0.15, 0.2) is 0 Å². The van der Waals surface area contributed by atoms with Gasteiger partial charge in [0.25, 0.3) is 0 Å². The summed E-state index contributed by atoms with van der Waals surface area (Å²) in [5, 5.41) is 10.4. The highest BCUT2D eigenvalue weighted by Crippen LogP contribution is 2.30. The Morgan fingerprint density at radius 3 is 2.50 bits per heavy atom. The van der Waals surface area contributed by atoms with Gasteiger partial charge in [0.05, 0.1) is 6.26 Å². The second-order valence-electron chi connectivity index (χ2n) is 8.03. The SMILES string of the molecule is CC(C)(C)c1ccccc1OC[C@H](O)CN1CCCN(S(C)(=O)=O)CC1. The zero-order valence-corrected chi connectivity index (χ0v) is 17.1. The second kappa shape index (κ2) is 8.69. The van der Waals surface area contributed by atoms with Crippen molar-refractivity contribution in [3.8, 4) is 5.75 Å². The number of sulfonamides is 1. The summed E-state index contributed by atoms with van der Waals surface area (Å²) in [6.07, 6.45) is 1.40. The van der Waals surface area contributed by atoms with Crippen LogP contribution in [0.2, 0.25) is 0 Å². The summed E-state index contributed by atoms with van der Waals surface area (Å²) in [5.41, 5.74) is 1.09. The van der Waals surface area contributed by atoms with Gasteiger partial charge in [0, 0.05) is 26.2 Å². The predicted octanol–water partition coefficient (Wildman–Crippen LogP) is 1.69. The Morgan fingerprint density at radius 2 is 1.85 bits per heavy atom. The minimum absolute atomic E-state index is 0.0264. The van der Waals surface area contributed by atoms with E-state index in [1.54, 1.807) is 0 Å². The van der Waals surface area contributed by atoms with Gasteiger partial charge >= 0.3 is 0 Å². The van der Waals surface area contributed by atoms with E-state index in [4.69, 9.17) is 4.74 Å². The first-order valence-corrected chi connectivity index (χ1v) is 11.0. The van der Waals surface area contributed by atoms with Crippen molar-refractivity contribution in [2.24, 2.45) is 0 Å². The lowest BCUT2D eigenvalue weighted by Gasteiger charge is -2.25. The van der Waals surface area contributed by atoms with E-state index in [1.165, 1.54) is 10.6 Å². The van der Waals surface area contributed by atoms with Crippen molar-refractivity contribution in [3.63, 3.8) is 0 Å². The molecule has 1 aliphatic heterocycles. The topological polar surface area (TPSA) is 70.1 Å². The van der Waals surface area contributed by atoms with Gasteiger partial charge in [-0.2, -0.15) is 0 Å². The van der Waals surface area contributed by atoms with Gasteiger partial charge in [0.1, 0.15) is 18.5 Å². The van der Waals surface area contributed by atoms with Crippen molar-refractivity contribution in [2.75, 3.05) is 45.6 Å². The Labute approximate surface area is 157 Å². The molecule has 0 aromatic heterocycles. The highest BCUT2D eigenvalue weighted by molar-refractivity contribution is 7.88. The van der Waals surface area contributed by atoms with Gasteiger partial charge in [-0.05, 0) is 30.0 Å². The molecule has 0 aliphatic carbocycles. The number of hydrogen-bond acceptors (Lipinski definition) is 5. The van der Waals surface area contributed by atoms with Crippen LogP contribution in [0.25, 0.3) is 0 Å². The molecule has 0 spiro atoms. The van der Waals surface area contributed by atoms with Gasteiger partial charge < -0.3 is 9.84 Å². The van der Waals surface area contributed by atoms with Gasteiger partial charge in [0.2, 0.25) is 10.0 Å². The third-order valence-electron chi connectivity index (χ3n) is 4.61. The van der Waals surface area contributed by atoms with Crippen molar-refractivity contribution in [1.29, 1.82) is 0 Å². The number of β-amino-alcohol motifs (C(OH)–C–C–N with tert-alkyl or cyclic N) is 1. The molecule has 2 rings (SSSR count). The molecule has 1 fully saturated rings. The van der Waals surface area contributed by atoms with Crippen LogP contribution in [0, 0.1) is 0 Å². The molecule has 0 saturated carbocycles. The number of ether oxygens (including phenoxy) is 1. The standard InChI is InChI=1S/C19H32N2O4S/c1-19(2,3)17-8-5-6-9-18(17)25-15-16(22)14-20-10-7-11-21(13-12-20)26(4,23)24/h5-6,8-9,16,22H,7,10-15H2,1-4H3/t16-/m1/s1. The first kappa shape index (κ1) is 21.2. The van der Waals surface area contributed by atoms with Crippen LogP contribution in [0.15, 0.2) is 24.3 Å². The summed E-state index contributed by atoms with van der Waals surface area (Å²) in [7, 11) is -3.15. The summed E-state index contributed by atoms with van der Waals surface area (Å²) >= 11 is 0. The van der Waals surface area contributed by atoms with Gasteiger partial charge in [-0.3, -0.25) is 4.90 Å². The summed E-state index contributed by atoms with van der Waals surface area (Å²) in [5.74, 6) is 0.804. The van der Waals surface area contributed by atoms with Crippen molar-refractivity contribution in [3.05, 3.63) is 29.8 Å². The highest BCUT2D eigenvalue weighted by Gasteiger charge is 2.23. The molecule has 0 amide bonds. The van der Waals surface area contributed by atoms with Gasteiger partial charge in [-0.15, -0.1) is 0 Å². The first-order chi connectivity index (χ1) is 12.1. The van der Waals surface area contributed by atoms with Crippen LogP contribution in [-0.4, -0.2) is 74.4 Å². The number of hydrogen-bond donors (Lipinski definition) is 1. The maximum Gasteiger partial charge on any atom is 0.211 e. The fourth-order valence-electron chi connectivity index (χ4n) is 3.21. The third kappa shape index (κ3) is 6.23. The maximum absolute atomic E-state index is 11.7. The van der Waals surface area contributed by atoms with Crippen LogP contribution >= 0.6 is 0 Å². The van der Waals surface area contributed by atoms with E-state index >= 15 is 0 Å². The monoisotopic (exact) mass is 384 g/mol. The van der Waals surface area contributed by atoms with Crippen molar-refractivity contribution < 1.29 is 18.3 Å². The molecule has 0 radical (unpaired) electrons. The molecular formula is C19H32N2O4S. The molecule has 1 heterocycles. The van der Waals surface area contributed by atoms with Crippen LogP contribution < -0.4 is 4.74 Å². The average Bonchev–Trinajstić information content (AvgIpc) is 2.78. The summed E-state index contributed by atoms with van der Waals surface area (Å²) < 4.78 is 30.8. The Hall–Kier alpha value is -1.15. The van der Waals surface area contributed by atoms with Crippen molar-refractivity contribution in [1.82, 2.24) is 9.21 Å². The number of rotatable bonds is 6. The molecular weight excluding hydrogens is 352 g/mol. The summed E-state index contributed by atoms with van der Waals surface area (Å²) in [6, 6.07) is 7.92. The Kier molecular flexibility index (Phi) is 7.07. The lowest BCUT2D eigenvalue weighted by Crippen LogP contribution is -2.39. The smallest absolute Gasteiger partial charge is 0.211 e. The van der Waals surface area contributed by atoms with Crippen LogP contribution in [0.3, 0.4) is 0 Å². The van der Waals surface area contributed by atoms with Gasteiger partial charge in [-0.1, -0.05) is 39.0 Å². The molecule has 7 heteroatoms. The molecule has 1 saturated heterocycles. The molecule has 1 aromatic rings. The zero-order valence-electron chi connectivity index (χ0n) is 16.3. The molecule has 0 unspecified atom stereocenters. The number of benzene rings is 1. The average molecular weight is 385 g/mol. The quantitative estimate of drug-likeness (QED) is 0.808. The number of aliphatic hydroxyl groups is 1. The molecule has 0 bridgehead atoms. The first-order valence-electron chi connectivity index (χ1n) is 9.15. The molecule has 26 heavy (non-hydrogen) atoms. The summed E-state index contributed by atoms with van der Waals surface area (Å²) in [4.78, 5) is 2.11. The van der Waals surface area contributed by atoms with Crippen LogP contribution in [0.5, 0.6) is 5.75 Å². The molecule has 148 valence electrons. The fraction of sp³-hybridized carbons (Fsp3) is 0.684. The predicted molar refractivity (Wildman–Crippen MR) is 104 cm³/mol. The van der Waals surface area contributed by atoms with E-state index in [9.17, 15) is 13.5 Å². The largest absolute Gasteiger partial charge is 0.491 e. The van der Waals surface area contributed by atoms with Crippen molar-refractivity contribution in [2.45, 2.75) is 38.7 Å². The number of para-hydroxylation sites is 1. The van der Waals surface area contributed by atoms with Crippen LogP contribution in [-0.2, 0) is 15.4 Å². The van der Waals surface area contributed by atoms with E-state index in [0.717, 1.165) is 24.3 Å². The molecule has 1 aliphatic rings. The Morgan fingerprint density at radius 1 is 1.15 bits per heavy atom. The van der Waals surface area contributed by atoms with Crippen molar-refractivity contribution >= 4 is 10.0 Å². The lowest BCUT2D eigenvalue weighted by molar-refractivity contribution is 0.0693. The summed E-state index contributed by atoms with van der Waals surface area (Å²) in [6.45, 7) is 9.53. The molecule has 1 aromatic carbocycles. The molecule has 1 N–H and O–H groups in total. The zero-order chi connectivity index (χ0) is 19.4. The van der Waals surface area contributed by atoms with E-state index in [-0.39, 0.29) is 12.0 Å². The lowest BCUT2D eigenvalue weighted by atomic mass is 9.86. The second-order valence-corrected chi connectivity index (χ2v) is 10.0. The van der Waals surface area contributed by atoms with E-state index in [0.29, 0.717) is 26.2 Å². The number of nitrogens with zero attached hydrogens (tertiary/aromatic N) is 2. The number of aliphatic hydroxyl groups excluding tert-OH is 1. The minimum atomic E-state index is -3.15. The highest BCUT2D eigenvalue weighted by atomic mass is 32.2. The Balaban J connectivity index is 1.87. The minimum Gasteiger partial charge on any atom is -0.491 e. The van der Waals surface area contributed by atoms with Gasteiger partial charge in [-0.25, -0.2) is 12.7 Å². The third-order valence-corrected chi connectivity index (χ3v) is 5.91. The fourth-order valence-corrected chi connectivity index (χ4v) is 4.08. The van der Waals surface area contributed by atoms with Crippen LogP contribution in [0.4, 0.5) is 0 Å². The van der Waals surface area contributed by atoms with E-state index in [2.05, 4.69) is 31.7 Å².